The van der Waals surface area contributed by atoms with Crippen molar-refractivity contribution >= 4 is 6.09 Å². The van der Waals surface area contributed by atoms with Gasteiger partial charge in [-0.15, -0.1) is 0 Å². The number of hydrogen-bond acceptors (Lipinski definition) is 4. The molecule has 21 heavy (non-hydrogen) atoms. The summed E-state index contributed by atoms with van der Waals surface area (Å²) in [7, 11) is 0. The number of nitrogens with zero attached hydrogens (tertiary/aromatic N) is 2. The lowest BCUT2D eigenvalue weighted by Gasteiger charge is -2.37. The number of likely N-dealkylation sites (tertiary alicyclic amines) is 1. The molecule has 1 aliphatic heterocycles. The molecule has 5 nitrogen and oxygen atoms in total. The minimum absolute atomic E-state index is 0.0820. The first-order chi connectivity index (χ1) is 9.85. The Balaban J connectivity index is 1.89. The van der Waals surface area contributed by atoms with Crippen LogP contribution in [0.25, 0.3) is 0 Å². The molecule has 116 valence electrons. The van der Waals surface area contributed by atoms with Gasteiger partial charge in [-0.2, -0.15) is 0 Å². The van der Waals surface area contributed by atoms with E-state index in [4.69, 9.17) is 9.47 Å². The van der Waals surface area contributed by atoms with Gasteiger partial charge in [0, 0.05) is 37.7 Å². The molecule has 1 aromatic rings. The van der Waals surface area contributed by atoms with Crippen molar-refractivity contribution < 1.29 is 14.3 Å². The van der Waals surface area contributed by atoms with Crippen LogP contribution < -0.4 is 4.74 Å². The molecule has 0 N–H and O–H groups in total. The van der Waals surface area contributed by atoms with E-state index in [0.717, 1.165) is 6.42 Å². The minimum Gasteiger partial charge on any atom is -0.474 e. The number of ether oxygens (including phenoxy) is 2. The zero-order valence-electron chi connectivity index (χ0n) is 13.2. The molecule has 1 saturated heterocycles. The maximum atomic E-state index is 12.1. The number of carbonyl (C=O) groups is 1. The fraction of sp³-hybridized carbons (Fsp3) is 0.625. The van der Waals surface area contributed by atoms with Crippen molar-refractivity contribution in [2.24, 2.45) is 5.92 Å². The summed E-state index contributed by atoms with van der Waals surface area (Å²) in [6.07, 6.45) is 2.34. The van der Waals surface area contributed by atoms with E-state index in [-0.39, 0.29) is 18.1 Å². The first-order valence-electron chi connectivity index (χ1n) is 7.41. The van der Waals surface area contributed by atoms with Crippen LogP contribution in [-0.4, -0.2) is 40.8 Å². The lowest BCUT2D eigenvalue weighted by Crippen LogP contribution is -2.48. The number of rotatable bonds is 2. The summed E-state index contributed by atoms with van der Waals surface area (Å²) in [6.45, 7) is 9.02. The summed E-state index contributed by atoms with van der Waals surface area (Å²) in [5, 5.41) is 0. The van der Waals surface area contributed by atoms with Crippen LogP contribution in [-0.2, 0) is 4.74 Å². The van der Waals surface area contributed by atoms with Crippen LogP contribution in [0.5, 0.6) is 5.88 Å². The highest BCUT2D eigenvalue weighted by molar-refractivity contribution is 5.68. The monoisotopic (exact) mass is 292 g/mol. The highest BCUT2D eigenvalue weighted by Crippen LogP contribution is 2.23. The van der Waals surface area contributed by atoms with Gasteiger partial charge in [0.15, 0.2) is 0 Å². The predicted molar refractivity (Wildman–Crippen MR) is 80.2 cm³/mol. The molecular weight excluding hydrogens is 268 g/mol. The number of hydrogen-bond donors (Lipinski definition) is 0. The molecule has 2 atom stereocenters. The second kappa shape index (κ2) is 6.33. The molecule has 5 heteroatoms. The Bertz CT molecular complexity index is 470. The molecule has 0 radical (unpaired) electrons. The Hall–Kier alpha value is -1.78. The third kappa shape index (κ3) is 4.62. The molecule has 1 fully saturated rings. The third-order valence-corrected chi connectivity index (χ3v) is 3.39. The fourth-order valence-electron chi connectivity index (χ4n) is 2.36. The zero-order chi connectivity index (χ0) is 15.5. The smallest absolute Gasteiger partial charge is 0.410 e. The minimum atomic E-state index is -0.457. The van der Waals surface area contributed by atoms with Crippen molar-refractivity contribution in [3.63, 3.8) is 0 Å². The van der Waals surface area contributed by atoms with Crippen LogP contribution in [0.4, 0.5) is 4.79 Å². The van der Waals surface area contributed by atoms with Gasteiger partial charge in [0.05, 0.1) is 0 Å². The van der Waals surface area contributed by atoms with E-state index >= 15 is 0 Å². The maximum absolute atomic E-state index is 12.1. The van der Waals surface area contributed by atoms with E-state index in [1.165, 1.54) is 0 Å². The van der Waals surface area contributed by atoms with E-state index in [0.29, 0.717) is 19.0 Å². The molecule has 0 aliphatic carbocycles. The van der Waals surface area contributed by atoms with Gasteiger partial charge in [0.1, 0.15) is 11.7 Å². The normalized spacial score (nSPS) is 22.8. The van der Waals surface area contributed by atoms with E-state index < -0.39 is 5.60 Å². The van der Waals surface area contributed by atoms with Gasteiger partial charge in [-0.05, 0) is 26.8 Å². The van der Waals surface area contributed by atoms with Crippen LogP contribution in [0.15, 0.2) is 24.4 Å². The van der Waals surface area contributed by atoms with E-state index in [9.17, 15) is 4.79 Å². The Labute approximate surface area is 126 Å². The van der Waals surface area contributed by atoms with E-state index in [1.807, 2.05) is 39.0 Å². The summed E-state index contributed by atoms with van der Waals surface area (Å²) in [5.41, 5.74) is -0.457. The first kappa shape index (κ1) is 15.6. The van der Waals surface area contributed by atoms with Gasteiger partial charge in [-0.3, -0.25) is 0 Å². The molecule has 1 amide bonds. The number of carbonyl (C=O) groups excluding carboxylic acids is 1. The number of piperidine rings is 1. The predicted octanol–water partition coefficient (Wildman–Crippen LogP) is 3.11. The molecule has 0 unspecified atom stereocenters. The number of aromatic nitrogens is 1. The van der Waals surface area contributed by atoms with Gasteiger partial charge in [-0.25, -0.2) is 9.78 Å². The van der Waals surface area contributed by atoms with E-state index in [1.54, 1.807) is 11.1 Å². The number of amides is 1. The third-order valence-electron chi connectivity index (χ3n) is 3.39. The van der Waals surface area contributed by atoms with Crippen LogP contribution >= 0.6 is 0 Å². The van der Waals surface area contributed by atoms with Gasteiger partial charge in [-0.1, -0.05) is 13.0 Å². The maximum Gasteiger partial charge on any atom is 0.410 e. The Kier molecular flexibility index (Phi) is 4.70. The topological polar surface area (TPSA) is 51.7 Å². The van der Waals surface area contributed by atoms with Crippen molar-refractivity contribution in [1.82, 2.24) is 9.88 Å². The molecule has 2 heterocycles. The van der Waals surface area contributed by atoms with Gasteiger partial charge in [0.25, 0.3) is 0 Å². The van der Waals surface area contributed by atoms with Crippen molar-refractivity contribution in [2.75, 3.05) is 13.1 Å². The van der Waals surface area contributed by atoms with Gasteiger partial charge in [0.2, 0.25) is 5.88 Å². The van der Waals surface area contributed by atoms with Crippen LogP contribution in [0.1, 0.15) is 34.1 Å². The molecule has 0 bridgehead atoms. The summed E-state index contributed by atoms with van der Waals surface area (Å²) in [6, 6.07) is 5.62. The molecule has 0 aromatic carbocycles. The summed E-state index contributed by atoms with van der Waals surface area (Å²) < 4.78 is 11.3. The molecular formula is C16H24N2O3. The second-order valence-electron chi connectivity index (χ2n) is 6.52. The fourth-order valence-corrected chi connectivity index (χ4v) is 2.36. The highest BCUT2D eigenvalue weighted by atomic mass is 16.6. The highest BCUT2D eigenvalue weighted by Gasteiger charge is 2.32. The SMILES string of the molecule is C[C@@H]1CN(C(=O)OC(C)(C)C)CC[C@H]1Oc1ccccn1. The number of pyridine rings is 1. The molecule has 1 aromatic heterocycles. The van der Waals surface area contributed by atoms with Crippen LogP contribution in [0.2, 0.25) is 0 Å². The van der Waals surface area contributed by atoms with Crippen molar-refractivity contribution in [3.05, 3.63) is 24.4 Å². The Morgan fingerprint density at radius 2 is 2.14 bits per heavy atom. The van der Waals surface area contributed by atoms with Gasteiger partial charge < -0.3 is 14.4 Å². The zero-order valence-corrected chi connectivity index (χ0v) is 13.2. The Morgan fingerprint density at radius 1 is 1.38 bits per heavy atom. The quantitative estimate of drug-likeness (QED) is 0.840. The molecule has 0 spiro atoms. The van der Waals surface area contributed by atoms with E-state index in [2.05, 4.69) is 11.9 Å². The van der Waals surface area contributed by atoms with Crippen molar-refractivity contribution in [2.45, 2.75) is 45.8 Å². The first-order valence-corrected chi connectivity index (χ1v) is 7.41. The summed E-state index contributed by atoms with van der Waals surface area (Å²) in [4.78, 5) is 18.0. The average Bonchev–Trinajstić information content (AvgIpc) is 2.40. The summed E-state index contributed by atoms with van der Waals surface area (Å²) in [5.74, 6) is 0.883. The second-order valence-corrected chi connectivity index (χ2v) is 6.52. The van der Waals surface area contributed by atoms with Gasteiger partial charge >= 0.3 is 6.09 Å². The lowest BCUT2D eigenvalue weighted by atomic mass is 9.97. The molecule has 1 aliphatic rings. The van der Waals surface area contributed by atoms with Crippen molar-refractivity contribution in [3.8, 4) is 5.88 Å². The largest absolute Gasteiger partial charge is 0.474 e. The average molecular weight is 292 g/mol. The molecule has 0 saturated carbocycles. The van der Waals surface area contributed by atoms with Crippen LogP contribution in [0, 0.1) is 5.92 Å². The lowest BCUT2D eigenvalue weighted by molar-refractivity contribution is -0.000335. The summed E-state index contributed by atoms with van der Waals surface area (Å²) >= 11 is 0. The Morgan fingerprint density at radius 3 is 2.71 bits per heavy atom. The standard InChI is InChI=1S/C16H24N2O3/c1-12-11-18(15(19)21-16(2,3)4)10-8-13(12)20-14-7-5-6-9-17-14/h5-7,9,12-13H,8,10-11H2,1-4H3/t12-,13-/m1/s1. The van der Waals surface area contributed by atoms with Crippen molar-refractivity contribution in [1.29, 1.82) is 0 Å². The molecule has 2 rings (SSSR count). The van der Waals surface area contributed by atoms with Crippen LogP contribution in [0.3, 0.4) is 0 Å².